The fraction of sp³-hybridized carbons (Fsp3) is 0.200. The summed E-state index contributed by atoms with van der Waals surface area (Å²) in [4.78, 5) is 13.8. The number of aromatic nitrogens is 4. The van der Waals surface area contributed by atoms with E-state index < -0.39 is 31.7 Å². The van der Waals surface area contributed by atoms with Crippen molar-refractivity contribution < 1.29 is 21.6 Å². The Kier molecular flexibility index (Phi) is 8.82. The number of tetrazole rings is 1. The van der Waals surface area contributed by atoms with Crippen molar-refractivity contribution in [1.82, 2.24) is 24.9 Å². The van der Waals surface area contributed by atoms with E-state index in [0.717, 1.165) is 4.80 Å². The van der Waals surface area contributed by atoms with Crippen LogP contribution in [0.4, 0.5) is 0 Å². The topological polar surface area (TPSA) is 141 Å². The lowest BCUT2D eigenvalue weighted by Gasteiger charge is -2.16. The molecule has 0 aliphatic carbocycles. The number of halogens is 2. The van der Waals surface area contributed by atoms with E-state index in [4.69, 9.17) is 23.2 Å². The number of nitrogens with one attached hydrogen (secondary N) is 1. The zero-order valence-electron chi connectivity index (χ0n) is 20.5. The molecular formula is C25H23Cl2N5O5S2. The SMILES string of the molecule is CCC(NS(=O)(=O)c1ccc(S(=O)(=O)c2ccccc2)cc1)C(=O)Cn1nnc(Cc2c(Cl)cccc2Cl)n1. The van der Waals surface area contributed by atoms with Crippen LogP contribution in [0.2, 0.25) is 10.0 Å². The highest BCUT2D eigenvalue weighted by atomic mass is 35.5. The van der Waals surface area contributed by atoms with Crippen LogP contribution in [0.15, 0.2) is 87.5 Å². The number of nitrogens with zero attached hydrogens (tertiary/aromatic N) is 4. The first-order valence-corrected chi connectivity index (χ1v) is 15.4. The number of rotatable bonds is 11. The Bertz CT molecular complexity index is 1670. The van der Waals surface area contributed by atoms with E-state index in [-0.39, 0.29) is 39.9 Å². The van der Waals surface area contributed by atoms with Gasteiger partial charge in [0.05, 0.1) is 20.7 Å². The molecule has 1 aromatic heterocycles. The summed E-state index contributed by atoms with van der Waals surface area (Å²) in [6.07, 6.45) is 0.363. The molecule has 10 nitrogen and oxygen atoms in total. The summed E-state index contributed by atoms with van der Waals surface area (Å²) in [7, 11) is -7.95. The maximum atomic E-state index is 13.0. The third kappa shape index (κ3) is 6.71. The molecule has 0 radical (unpaired) electrons. The summed E-state index contributed by atoms with van der Waals surface area (Å²) < 4.78 is 53.9. The maximum absolute atomic E-state index is 13.0. The van der Waals surface area contributed by atoms with Gasteiger partial charge in [-0.3, -0.25) is 4.79 Å². The number of ketones is 1. The minimum absolute atomic E-state index is 0.0538. The fourth-order valence-corrected chi connectivity index (χ4v) is 6.81. The van der Waals surface area contributed by atoms with Crippen LogP contribution in [0.1, 0.15) is 24.7 Å². The summed E-state index contributed by atoms with van der Waals surface area (Å²) in [6, 6.07) is 16.6. The van der Waals surface area contributed by atoms with Crippen molar-refractivity contribution in [2.75, 3.05) is 0 Å². The Morgan fingerprint density at radius 2 is 1.46 bits per heavy atom. The van der Waals surface area contributed by atoms with Gasteiger partial charge in [0.2, 0.25) is 19.9 Å². The summed E-state index contributed by atoms with van der Waals surface area (Å²) in [5, 5.41) is 12.9. The van der Waals surface area contributed by atoms with E-state index >= 15 is 0 Å². The van der Waals surface area contributed by atoms with E-state index in [2.05, 4.69) is 20.1 Å². The number of hydrogen-bond acceptors (Lipinski definition) is 8. The summed E-state index contributed by atoms with van der Waals surface area (Å²) in [5.41, 5.74) is 0.619. The lowest BCUT2D eigenvalue weighted by Crippen LogP contribution is -2.42. The normalized spacial score (nSPS) is 12.8. The van der Waals surface area contributed by atoms with Crippen molar-refractivity contribution in [3.63, 3.8) is 0 Å². The van der Waals surface area contributed by atoms with Crippen LogP contribution in [-0.2, 0) is 37.6 Å². The third-order valence-electron chi connectivity index (χ3n) is 5.78. The average molecular weight is 609 g/mol. The number of sulfone groups is 1. The van der Waals surface area contributed by atoms with Crippen LogP contribution < -0.4 is 4.72 Å². The van der Waals surface area contributed by atoms with Crippen LogP contribution in [0.3, 0.4) is 0 Å². The molecular weight excluding hydrogens is 585 g/mol. The van der Waals surface area contributed by atoms with Gasteiger partial charge in [0.1, 0.15) is 6.54 Å². The van der Waals surface area contributed by atoms with Gasteiger partial charge in [-0.1, -0.05) is 54.4 Å². The van der Waals surface area contributed by atoms with Gasteiger partial charge in [-0.15, -0.1) is 10.2 Å². The fourth-order valence-electron chi connectivity index (χ4n) is 3.69. The van der Waals surface area contributed by atoms with E-state index in [1.165, 1.54) is 36.4 Å². The number of hydrogen-bond donors (Lipinski definition) is 1. The minimum atomic E-state index is -4.14. The quantitative estimate of drug-likeness (QED) is 0.272. The molecule has 3 aromatic carbocycles. The monoisotopic (exact) mass is 607 g/mol. The standard InChI is InChI=1S/C25H23Cl2N5O5S2/c1-2-23(24(33)16-32-29-25(28-31-32)15-20-21(26)9-6-10-22(20)27)30-39(36,37)19-13-11-18(12-14-19)38(34,35)17-7-4-3-5-8-17/h3-14,23,30H,2,15-16H2,1H3. The zero-order valence-corrected chi connectivity index (χ0v) is 23.7. The van der Waals surface area contributed by atoms with Gasteiger partial charge < -0.3 is 0 Å². The summed E-state index contributed by atoms with van der Waals surface area (Å²) in [6.45, 7) is 1.33. The summed E-state index contributed by atoms with van der Waals surface area (Å²) >= 11 is 12.4. The Labute approximate surface area is 235 Å². The van der Waals surface area contributed by atoms with Gasteiger partial charge in [-0.25, -0.2) is 21.6 Å². The smallest absolute Gasteiger partial charge is 0.241 e. The first-order chi connectivity index (χ1) is 18.5. The highest BCUT2D eigenvalue weighted by Crippen LogP contribution is 2.26. The Hall–Kier alpha value is -3.16. The lowest BCUT2D eigenvalue weighted by molar-refractivity contribution is -0.121. The molecule has 0 amide bonds. The molecule has 0 bridgehead atoms. The van der Waals surface area contributed by atoms with Crippen LogP contribution >= 0.6 is 23.2 Å². The largest absolute Gasteiger partial charge is 0.296 e. The van der Waals surface area contributed by atoms with Gasteiger partial charge in [0.15, 0.2) is 11.6 Å². The van der Waals surface area contributed by atoms with E-state index in [0.29, 0.717) is 15.6 Å². The van der Waals surface area contributed by atoms with Gasteiger partial charge in [0.25, 0.3) is 0 Å². The summed E-state index contributed by atoms with van der Waals surface area (Å²) in [5.74, 6) is -0.193. The number of sulfonamides is 1. The predicted molar refractivity (Wildman–Crippen MR) is 145 cm³/mol. The van der Waals surface area contributed by atoms with E-state index in [1.807, 2.05) is 0 Å². The molecule has 1 atom stereocenters. The molecule has 4 aromatic rings. The Morgan fingerprint density at radius 1 is 0.872 bits per heavy atom. The van der Waals surface area contributed by atoms with E-state index in [9.17, 15) is 21.6 Å². The van der Waals surface area contributed by atoms with Crippen LogP contribution in [0, 0.1) is 0 Å². The Balaban J connectivity index is 1.44. The van der Waals surface area contributed by atoms with Crippen LogP contribution in [-0.4, -0.2) is 48.9 Å². The zero-order chi connectivity index (χ0) is 28.2. The molecule has 0 spiro atoms. The van der Waals surface area contributed by atoms with Crippen molar-refractivity contribution in [1.29, 1.82) is 0 Å². The van der Waals surface area contributed by atoms with Crippen molar-refractivity contribution in [3.8, 4) is 0 Å². The van der Waals surface area contributed by atoms with Crippen LogP contribution in [0.25, 0.3) is 0 Å². The third-order valence-corrected chi connectivity index (χ3v) is 9.76. The molecule has 0 saturated carbocycles. The highest BCUT2D eigenvalue weighted by Gasteiger charge is 2.26. The Morgan fingerprint density at radius 3 is 2.08 bits per heavy atom. The first kappa shape index (κ1) is 28.8. The van der Waals surface area contributed by atoms with Gasteiger partial charge in [0, 0.05) is 16.5 Å². The first-order valence-electron chi connectivity index (χ1n) is 11.7. The molecule has 0 aliphatic heterocycles. The van der Waals surface area contributed by atoms with Crippen LogP contribution in [0.5, 0.6) is 0 Å². The van der Waals surface area contributed by atoms with Crippen molar-refractivity contribution in [2.45, 2.75) is 47.0 Å². The molecule has 14 heteroatoms. The van der Waals surface area contributed by atoms with Gasteiger partial charge in [-0.05, 0) is 65.7 Å². The molecule has 1 unspecified atom stereocenters. The molecule has 39 heavy (non-hydrogen) atoms. The van der Waals surface area contributed by atoms with Crippen molar-refractivity contribution in [3.05, 3.63) is 94.2 Å². The number of benzene rings is 3. The van der Waals surface area contributed by atoms with Crippen molar-refractivity contribution >= 4 is 48.8 Å². The van der Waals surface area contributed by atoms with Crippen molar-refractivity contribution in [2.24, 2.45) is 0 Å². The molecule has 0 fully saturated rings. The van der Waals surface area contributed by atoms with E-state index in [1.54, 1.807) is 43.3 Å². The molecule has 1 N–H and O–H groups in total. The molecule has 0 aliphatic rings. The predicted octanol–water partition coefficient (Wildman–Crippen LogP) is 3.73. The molecule has 204 valence electrons. The maximum Gasteiger partial charge on any atom is 0.241 e. The lowest BCUT2D eigenvalue weighted by atomic mass is 10.1. The highest BCUT2D eigenvalue weighted by molar-refractivity contribution is 7.91. The average Bonchev–Trinajstić information content (AvgIpc) is 3.36. The minimum Gasteiger partial charge on any atom is -0.296 e. The number of carbonyl (C=O) groups excluding carboxylic acids is 1. The van der Waals surface area contributed by atoms with Gasteiger partial charge >= 0.3 is 0 Å². The second kappa shape index (κ2) is 11.9. The molecule has 1 heterocycles. The van der Waals surface area contributed by atoms with Gasteiger partial charge in [-0.2, -0.15) is 4.80 Å². The second-order valence-corrected chi connectivity index (χ2v) is 12.9. The number of Topliss-reactive ketones (excluding diaryl/α,β-unsaturated/α-hetero) is 1. The second-order valence-electron chi connectivity index (χ2n) is 8.45. The number of carbonyl (C=O) groups is 1. The molecule has 0 saturated heterocycles. The molecule has 4 rings (SSSR count).